The fourth-order valence-electron chi connectivity index (χ4n) is 0. The van der Waals surface area contributed by atoms with E-state index in [4.69, 9.17) is 38.5 Å². The van der Waals surface area contributed by atoms with E-state index < -0.39 is 15.6 Å². The topological polar surface area (TPSA) is 156 Å². The van der Waals surface area contributed by atoms with Crippen molar-refractivity contribution in [2.24, 2.45) is 0 Å². The number of hydrogen-bond acceptors (Lipinski definition) is 2. The van der Waals surface area contributed by atoms with E-state index in [2.05, 4.69) is 0 Å². The van der Waals surface area contributed by atoms with Crippen molar-refractivity contribution in [2.45, 2.75) is 0 Å². The van der Waals surface area contributed by atoms with Crippen molar-refractivity contribution in [3.63, 3.8) is 0 Å². The second-order valence-corrected chi connectivity index (χ2v) is 3.08. The fourth-order valence-corrected chi connectivity index (χ4v) is 0. The molecule has 0 rings (SSSR count). The summed E-state index contributed by atoms with van der Waals surface area (Å²) >= 11 is 0. The molecule has 14 heteroatoms. The summed E-state index contributed by atoms with van der Waals surface area (Å²) in [6, 6.07) is 0. The molecule has 0 bridgehead atoms. The van der Waals surface area contributed by atoms with Gasteiger partial charge >= 0.3 is 15.6 Å². The third-order valence-corrected chi connectivity index (χ3v) is 0. The second kappa shape index (κ2) is 15.6. The van der Waals surface area contributed by atoms with Gasteiger partial charge in [0, 0.05) is 74.9 Å². The van der Waals surface area contributed by atoms with Crippen LogP contribution in [0.2, 0.25) is 0 Å². The molecule has 0 fully saturated rings. The molecule has 6 N–H and O–H groups in total. The van der Waals surface area contributed by atoms with Gasteiger partial charge in [-0.15, -0.1) is 0 Å². The number of rotatable bonds is 0. The van der Waals surface area contributed by atoms with E-state index in [9.17, 15) is 0 Å². The smallest absolute Gasteiger partial charge is 0.303 e. The minimum absolute atomic E-state index is 0. The van der Waals surface area contributed by atoms with Crippen molar-refractivity contribution < 1.29 is 113 Å². The van der Waals surface area contributed by atoms with Gasteiger partial charge in [-0.1, -0.05) is 0 Å². The first-order valence-corrected chi connectivity index (χ1v) is 4.70. The third-order valence-electron chi connectivity index (χ3n) is 0. The maximum absolute atomic E-state index is 8.88. The van der Waals surface area contributed by atoms with Gasteiger partial charge < -0.3 is 29.4 Å². The van der Waals surface area contributed by atoms with E-state index in [1.165, 1.54) is 0 Å². The molecule has 0 aliphatic carbocycles. The molecule has 0 spiro atoms. The van der Waals surface area contributed by atoms with Gasteiger partial charge in [-0.25, -0.2) is 9.13 Å². The van der Waals surface area contributed by atoms with Crippen molar-refractivity contribution >= 4 is 15.6 Å². The Morgan fingerprint density at radius 1 is 0.571 bits per heavy atom. The summed E-state index contributed by atoms with van der Waals surface area (Å²) in [6.07, 6.45) is 0. The Balaban J connectivity index is -0.0000000178. The first-order chi connectivity index (χ1) is 4.00. The van der Waals surface area contributed by atoms with Crippen LogP contribution in [0.4, 0.5) is 0 Å². The van der Waals surface area contributed by atoms with Crippen molar-refractivity contribution in [3.8, 4) is 0 Å². The molecule has 14 heavy (non-hydrogen) atoms. The van der Waals surface area contributed by atoms with Gasteiger partial charge in [-0.2, -0.15) is 0 Å². The average Bonchev–Trinajstić information content (AvgIpc) is 1.12. The Bertz CT molecular complexity index is 135. The molecule has 0 unspecified atom stereocenters. The van der Waals surface area contributed by atoms with E-state index in [-0.39, 0.29) is 74.9 Å². The molecular formula is H6NiO8P2Zn3. The summed E-state index contributed by atoms with van der Waals surface area (Å²) in [6.45, 7) is 0. The van der Waals surface area contributed by atoms with Crippen molar-refractivity contribution in [2.75, 3.05) is 0 Å². The summed E-state index contributed by atoms with van der Waals surface area (Å²) in [5.74, 6) is 0. The van der Waals surface area contributed by atoms with Gasteiger partial charge in [0.15, 0.2) is 0 Å². The van der Waals surface area contributed by atoms with Crippen LogP contribution < -0.4 is 0 Å². The van der Waals surface area contributed by atoms with Gasteiger partial charge in [0.05, 0.1) is 0 Å². The van der Waals surface area contributed by atoms with Crippen LogP contribution in [0.5, 0.6) is 0 Å². The Hall–Kier alpha value is 2.58. The van der Waals surface area contributed by atoms with Crippen LogP contribution in [0.3, 0.4) is 0 Å². The zero-order valence-corrected chi connectivity index (χ0v) is 18.5. The molecule has 0 radical (unpaired) electrons. The number of hydrogen-bond donors (Lipinski definition) is 6. The van der Waals surface area contributed by atoms with Gasteiger partial charge in [-0.3, -0.25) is 0 Å². The molecule has 0 aromatic heterocycles. The third kappa shape index (κ3) is 403. The molecule has 80 valence electrons. The Morgan fingerprint density at radius 3 is 0.571 bits per heavy atom. The maximum atomic E-state index is 8.88. The largest absolute Gasteiger partial charge is 0.466 e. The summed E-state index contributed by atoms with van der Waals surface area (Å²) in [4.78, 5) is 43.1. The van der Waals surface area contributed by atoms with Gasteiger partial charge in [0.25, 0.3) is 0 Å². The van der Waals surface area contributed by atoms with Crippen LogP contribution in [0, 0.1) is 0 Å². The van der Waals surface area contributed by atoms with E-state index in [1.54, 1.807) is 0 Å². The fraction of sp³-hybridized carbons (Fsp3) is 0. The summed E-state index contributed by atoms with van der Waals surface area (Å²) in [7, 11) is -9.28. The van der Waals surface area contributed by atoms with Gasteiger partial charge in [-0.05, 0) is 0 Å². The minimum Gasteiger partial charge on any atom is -0.303 e. The average molecular weight is 451 g/mol. The summed E-state index contributed by atoms with van der Waals surface area (Å²) < 4.78 is 17.8. The van der Waals surface area contributed by atoms with Crippen molar-refractivity contribution in [1.82, 2.24) is 0 Å². The summed E-state index contributed by atoms with van der Waals surface area (Å²) in [5.41, 5.74) is 0. The van der Waals surface area contributed by atoms with Crippen LogP contribution in [-0.2, 0) is 84.1 Å². The standard InChI is InChI=1S/Ni.2H3O4P.3Zn/c;2*1-5(2,3)4;;;/h;2*(H3,1,2,3,4);;;. The van der Waals surface area contributed by atoms with E-state index in [0.29, 0.717) is 0 Å². The van der Waals surface area contributed by atoms with Crippen molar-refractivity contribution in [3.05, 3.63) is 0 Å². The van der Waals surface area contributed by atoms with Crippen LogP contribution in [0.25, 0.3) is 0 Å². The zero-order chi connectivity index (χ0) is 9.00. The van der Waals surface area contributed by atoms with Crippen LogP contribution in [0.15, 0.2) is 0 Å². The Kier molecular flexibility index (Phi) is 40.0. The van der Waals surface area contributed by atoms with Crippen molar-refractivity contribution in [1.29, 1.82) is 0 Å². The summed E-state index contributed by atoms with van der Waals surface area (Å²) in [5, 5.41) is 0. The second-order valence-electron chi connectivity index (χ2n) is 1.03. The molecule has 0 heterocycles. The van der Waals surface area contributed by atoms with Gasteiger partial charge in [0.1, 0.15) is 0 Å². The molecule has 8 nitrogen and oxygen atoms in total. The van der Waals surface area contributed by atoms with Crippen LogP contribution >= 0.6 is 15.6 Å². The molecule has 0 aromatic rings. The minimum atomic E-state index is -4.64. The monoisotopic (exact) mass is 446 g/mol. The normalized spacial score (nSPS) is 8.43. The first-order valence-electron chi connectivity index (χ1n) is 1.57. The van der Waals surface area contributed by atoms with Crippen LogP contribution in [0.1, 0.15) is 0 Å². The van der Waals surface area contributed by atoms with E-state index in [1.807, 2.05) is 0 Å². The van der Waals surface area contributed by atoms with E-state index in [0.717, 1.165) is 0 Å². The molecule has 0 aliphatic heterocycles. The van der Waals surface area contributed by atoms with Crippen LogP contribution in [-0.4, -0.2) is 29.4 Å². The quantitative estimate of drug-likeness (QED) is 0.185. The van der Waals surface area contributed by atoms with Gasteiger partial charge in [0.2, 0.25) is 0 Å². The number of phosphoric acid groups is 2. The molecule has 0 saturated carbocycles. The predicted octanol–water partition coefficient (Wildman–Crippen LogP) is -1.87. The molecule has 0 amide bonds. The SMILES string of the molecule is O=P(O)(O)O.O=P(O)(O)O.[Ni].[Zn].[Zn].[Zn]. The Morgan fingerprint density at radius 2 is 0.571 bits per heavy atom. The Labute approximate surface area is 128 Å². The maximum Gasteiger partial charge on any atom is 0.466 e. The molecule has 0 atom stereocenters. The zero-order valence-electron chi connectivity index (χ0n) is 6.83. The molecular weight excluding hydrogens is 445 g/mol. The first kappa shape index (κ1) is 36.0. The molecule has 0 saturated heterocycles. The predicted molar refractivity (Wildman–Crippen MR) is 28.5 cm³/mol. The molecule has 0 aliphatic rings. The van der Waals surface area contributed by atoms with E-state index >= 15 is 0 Å². The molecule has 0 aromatic carbocycles.